The fourth-order valence-corrected chi connectivity index (χ4v) is 5.16. The van der Waals surface area contributed by atoms with Crippen molar-refractivity contribution in [2.24, 2.45) is 0 Å². The number of carbonyl (C=O) groups is 1. The number of aryl methyl sites for hydroxylation is 1. The third-order valence-electron chi connectivity index (χ3n) is 5.09. The highest BCUT2D eigenvalue weighted by Crippen LogP contribution is 2.28. The smallest absolute Gasteiger partial charge is 0.251 e. The fourth-order valence-electron chi connectivity index (χ4n) is 3.47. The first-order valence-electron chi connectivity index (χ1n) is 9.45. The van der Waals surface area contributed by atoms with E-state index in [2.05, 4.69) is 5.32 Å². The number of ether oxygens (including phenoxy) is 2. The summed E-state index contributed by atoms with van der Waals surface area (Å²) in [5.74, 6) is 0.713. The van der Waals surface area contributed by atoms with E-state index in [1.165, 1.54) is 18.5 Å². The summed E-state index contributed by atoms with van der Waals surface area (Å²) in [6, 6.07) is 11.5. The van der Waals surface area contributed by atoms with Gasteiger partial charge in [0.15, 0.2) is 11.5 Å². The number of methoxy groups -OCH3 is 2. The maximum absolute atomic E-state index is 13.0. The van der Waals surface area contributed by atoms with Gasteiger partial charge in [-0.05, 0) is 50.1 Å². The monoisotopic (exact) mass is 418 g/mol. The molecule has 1 atom stereocenters. The predicted molar refractivity (Wildman–Crippen MR) is 110 cm³/mol. The van der Waals surface area contributed by atoms with Crippen LogP contribution in [0.15, 0.2) is 47.4 Å². The van der Waals surface area contributed by atoms with Crippen LogP contribution in [0.2, 0.25) is 0 Å². The summed E-state index contributed by atoms with van der Waals surface area (Å²) in [5.41, 5.74) is 1.43. The third kappa shape index (κ3) is 4.54. The molecular weight excluding hydrogens is 392 g/mol. The molecule has 0 unspecified atom stereocenters. The van der Waals surface area contributed by atoms with Crippen LogP contribution in [-0.4, -0.2) is 52.0 Å². The second-order valence-electron chi connectivity index (χ2n) is 7.00. The largest absolute Gasteiger partial charge is 0.493 e. The van der Waals surface area contributed by atoms with Crippen molar-refractivity contribution < 1.29 is 22.7 Å². The van der Waals surface area contributed by atoms with Crippen molar-refractivity contribution >= 4 is 15.9 Å². The zero-order chi connectivity index (χ0) is 21.0. The van der Waals surface area contributed by atoms with E-state index in [-0.39, 0.29) is 23.4 Å². The van der Waals surface area contributed by atoms with E-state index in [4.69, 9.17) is 9.47 Å². The van der Waals surface area contributed by atoms with E-state index in [1.54, 1.807) is 42.5 Å². The normalized spacial score (nSPS) is 17.1. The molecule has 3 rings (SSSR count). The zero-order valence-electron chi connectivity index (χ0n) is 16.8. The Morgan fingerprint density at radius 3 is 2.45 bits per heavy atom. The molecule has 0 saturated carbocycles. The van der Waals surface area contributed by atoms with Crippen LogP contribution in [0.25, 0.3) is 0 Å². The summed E-state index contributed by atoms with van der Waals surface area (Å²) in [5, 5.41) is 2.85. The van der Waals surface area contributed by atoms with E-state index < -0.39 is 10.0 Å². The van der Waals surface area contributed by atoms with Gasteiger partial charge in [0.2, 0.25) is 10.0 Å². The number of hydrogen-bond acceptors (Lipinski definition) is 5. The van der Waals surface area contributed by atoms with Crippen molar-refractivity contribution in [3.05, 3.63) is 53.6 Å². The lowest BCUT2D eigenvalue weighted by molar-refractivity contribution is 0.0946. The summed E-state index contributed by atoms with van der Waals surface area (Å²) in [6.07, 6.45) is 1.47. The van der Waals surface area contributed by atoms with Crippen LogP contribution in [0.1, 0.15) is 28.8 Å². The van der Waals surface area contributed by atoms with Crippen LogP contribution in [0.5, 0.6) is 11.5 Å². The standard InChI is InChI=1S/C21H26N2O5S/c1-15-6-9-18(10-7-15)29(25,26)23-12-4-5-17(23)14-22-21(24)16-8-11-19(27-2)20(13-16)28-3/h6-11,13,17H,4-5,12,14H2,1-3H3,(H,22,24)/t17-/m1/s1. The van der Waals surface area contributed by atoms with Gasteiger partial charge in [-0.3, -0.25) is 4.79 Å². The van der Waals surface area contributed by atoms with E-state index in [0.717, 1.165) is 12.0 Å². The van der Waals surface area contributed by atoms with E-state index in [9.17, 15) is 13.2 Å². The topological polar surface area (TPSA) is 84.9 Å². The molecule has 29 heavy (non-hydrogen) atoms. The van der Waals surface area contributed by atoms with Gasteiger partial charge in [-0.2, -0.15) is 4.31 Å². The summed E-state index contributed by atoms with van der Waals surface area (Å²) in [7, 11) is -0.557. The lowest BCUT2D eigenvalue weighted by atomic mass is 10.1. The van der Waals surface area contributed by atoms with Gasteiger partial charge in [-0.1, -0.05) is 17.7 Å². The highest BCUT2D eigenvalue weighted by atomic mass is 32.2. The highest BCUT2D eigenvalue weighted by molar-refractivity contribution is 7.89. The molecule has 0 spiro atoms. The molecule has 0 aromatic heterocycles. The molecule has 0 radical (unpaired) electrons. The highest BCUT2D eigenvalue weighted by Gasteiger charge is 2.35. The average molecular weight is 419 g/mol. The fraction of sp³-hybridized carbons (Fsp3) is 0.381. The maximum atomic E-state index is 13.0. The average Bonchev–Trinajstić information content (AvgIpc) is 3.21. The summed E-state index contributed by atoms with van der Waals surface area (Å²) in [4.78, 5) is 12.8. The van der Waals surface area contributed by atoms with Gasteiger partial charge in [0, 0.05) is 24.7 Å². The molecule has 1 N–H and O–H groups in total. The van der Waals surface area contributed by atoms with Gasteiger partial charge in [-0.25, -0.2) is 8.42 Å². The van der Waals surface area contributed by atoms with Crippen molar-refractivity contribution in [1.82, 2.24) is 9.62 Å². The lowest BCUT2D eigenvalue weighted by Gasteiger charge is -2.24. The van der Waals surface area contributed by atoms with Crippen molar-refractivity contribution in [2.45, 2.75) is 30.7 Å². The van der Waals surface area contributed by atoms with Gasteiger partial charge in [-0.15, -0.1) is 0 Å². The first-order valence-corrected chi connectivity index (χ1v) is 10.9. The van der Waals surface area contributed by atoms with Crippen LogP contribution in [0.4, 0.5) is 0 Å². The molecule has 2 aromatic rings. The quantitative estimate of drug-likeness (QED) is 0.747. The molecule has 156 valence electrons. The maximum Gasteiger partial charge on any atom is 0.251 e. The van der Waals surface area contributed by atoms with Crippen LogP contribution >= 0.6 is 0 Å². The van der Waals surface area contributed by atoms with E-state index >= 15 is 0 Å². The predicted octanol–water partition coefficient (Wildman–Crippen LogP) is 2.60. The van der Waals surface area contributed by atoms with Crippen LogP contribution in [0.3, 0.4) is 0 Å². The summed E-state index contributed by atoms with van der Waals surface area (Å²) in [6.45, 7) is 2.62. The van der Waals surface area contributed by atoms with E-state index in [1.807, 2.05) is 6.92 Å². The van der Waals surface area contributed by atoms with Crippen LogP contribution in [-0.2, 0) is 10.0 Å². The number of nitrogens with one attached hydrogen (secondary N) is 1. The Morgan fingerprint density at radius 2 is 1.79 bits per heavy atom. The Kier molecular flexibility index (Phi) is 6.44. The third-order valence-corrected chi connectivity index (χ3v) is 7.06. The minimum atomic E-state index is -3.59. The van der Waals surface area contributed by atoms with Gasteiger partial charge >= 0.3 is 0 Å². The number of hydrogen-bond donors (Lipinski definition) is 1. The Bertz CT molecular complexity index is 973. The second-order valence-corrected chi connectivity index (χ2v) is 8.90. The van der Waals surface area contributed by atoms with Gasteiger partial charge in [0.25, 0.3) is 5.91 Å². The van der Waals surface area contributed by atoms with Crippen LogP contribution < -0.4 is 14.8 Å². The zero-order valence-corrected chi connectivity index (χ0v) is 17.7. The summed E-state index contributed by atoms with van der Waals surface area (Å²) < 4.78 is 37.9. The molecular formula is C21H26N2O5S. The van der Waals surface area contributed by atoms with Crippen molar-refractivity contribution in [1.29, 1.82) is 0 Å². The molecule has 2 aromatic carbocycles. The number of carbonyl (C=O) groups excluding carboxylic acids is 1. The Morgan fingerprint density at radius 1 is 1.10 bits per heavy atom. The molecule has 1 heterocycles. The Hall–Kier alpha value is -2.58. The Labute approximate surface area is 171 Å². The molecule has 0 aliphatic carbocycles. The van der Waals surface area contributed by atoms with Crippen LogP contribution in [0, 0.1) is 6.92 Å². The molecule has 1 amide bonds. The minimum absolute atomic E-state index is 0.248. The first kappa shape index (κ1) is 21.1. The molecule has 1 saturated heterocycles. The van der Waals surface area contributed by atoms with E-state index in [0.29, 0.717) is 30.0 Å². The number of amides is 1. The minimum Gasteiger partial charge on any atom is -0.493 e. The van der Waals surface area contributed by atoms with Crippen molar-refractivity contribution in [3.63, 3.8) is 0 Å². The molecule has 8 heteroatoms. The first-order chi connectivity index (χ1) is 13.9. The van der Waals surface area contributed by atoms with Gasteiger partial charge in [0.05, 0.1) is 19.1 Å². The molecule has 1 aliphatic heterocycles. The SMILES string of the molecule is COc1ccc(C(=O)NC[C@H]2CCCN2S(=O)(=O)c2ccc(C)cc2)cc1OC. The number of nitrogens with zero attached hydrogens (tertiary/aromatic N) is 1. The molecule has 1 aliphatic rings. The number of sulfonamides is 1. The second kappa shape index (κ2) is 8.84. The number of benzene rings is 2. The Balaban J connectivity index is 1.70. The number of rotatable bonds is 7. The van der Waals surface area contributed by atoms with Crippen molar-refractivity contribution in [2.75, 3.05) is 27.3 Å². The van der Waals surface area contributed by atoms with Crippen molar-refractivity contribution in [3.8, 4) is 11.5 Å². The summed E-state index contributed by atoms with van der Waals surface area (Å²) >= 11 is 0. The molecule has 7 nitrogen and oxygen atoms in total. The molecule has 0 bridgehead atoms. The molecule has 1 fully saturated rings. The van der Waals surface area contributed by atoms with Gasteiger partial charge < -0.3 is 14.8 Å². The lowest BCUT2D eigenvalue weighted by Crippen LogP contribution is -2.43. The van der Waals surface area contributed by atoms with Gasteiger partial charge in [0.1, 0.15) is 0 Å².